The van der Waals surface area contributed by atoms with Gasteiger partial charge in [0.2, 0.25) is 5.92 Å². The van der Waals surface area contributed by atoms with Crippen molar-refractivity contribution < 1.29 is 13.5 Å². The molecule has 1 aromatic carbocycles. The molecule has 4 rings (SSSR count). The van der Waals surface area contributed by atoms with Crippen LogP contribution in [0.1, 0.15) is 49.9 Å². The van der Waals surface area contributed by atoms with E-state index in [1.54, 1.807) is 18.7 Å². The van der Waals surface area contributed by atoms with Crippen molar-refractivity contribution in [1.29, 1.82) is 0 Å². The third-order valence-corrected chi connectivity index (χ3v) is 6.40. The maximum absolute atomic E-state index is 13.7. The van der Waals surface area contributed by atoms with Gasteiger partial charge in [-0.15, -0.1) is 0 Å². The van der Waals surface area contributed by atoms with Crippen LogP contribution in [0.25, 0.3) is 22.2 Å². The Labute approximate surface area is 180 Å². The van der Waals surface area contributed by atoms with Gasteiger partial charge in [0.25, 0.3) is 5.56 Å². The van der Waals surface area contributed by atoms with Crippen molar-refractivity contribution >= 4 is 11.0 Å². The molecule has 1 aliphatic carbocycles. The summed E-state index contributed by atoms with van der Waals surface area (Å²) in [6, 6.07) is 7.94. The van der Waals surface area contributed by atoms with E-state index in [1.165, 1.54) is 0 Å². The normalized spacial score (nSPS) is 17.9. The number of aromatic nitrogens is 3. The van der Waals surface area contributed by atoms with E-state index < -0.39 is 5.92 Å². The van der Waals surface area contributed by atoms with E-state index in [1.807, 2.05) is 38.2 Å². The lowest BCUT2D eigenvalue weighted by atomic mass is 9.86. The molecule has 0 spiro atoms. The highest BCUT2D eigenvalue weighted by atomic mass is 19.3. The second-order valence-electron chi connectivity index (χ2n) is 8.79. The Kier molecular flexibility index (Phi) is 5.73. The SMILES string of the molecule is CO[C@@H](C)Cn1c(C2CCC(F)(F)CC2)nc2ccc(-c3cc(C)c(=O)n(C)c3)cc21. The van der Waals surface area contributed by atoms with E-state index in [2.05, 4.69) is 10.6 Å². The summed E-state index contributed by atoms with van der Waals surface area (Å²) in [5.41, 5.74) is 4.42. The number of ether oxygens (including phenoxy) is 1. The molecule has 0 radical (unpaired) electrons. The molecule has 1 saturated carbocycles. The number of aryl methyl sites for hydroxylation is 2. The molecule has 0 saturated heterocycles. The third-order valence-electron chi connectivity index (χ3n) is 6.40. The van der Waals surface area contributed by atoms with Crippen molar-refractivity contribution in [3.05, 3.63) is 52.2 Å². The second-order valence-corrected chi connectivity index (χ2v) is 8.79. The average molecular weight is 430 g/mol. The molecule has 1 atom stereocenters. The molecule has 0 aliphatic heterocycles. The zero-order chi connectivity index (χ0) is 22.3. The van der Waals surface area contributed by atoms with Crippen molar-refractivity contribution in [2.24, 2.45) is 7.05 Å². The summed E-state index contributed by atoms with van der Waals surface area (Å²) >= 11 is 0. The van der Waals surface area contributed by atoms with Crippen LogP contribution >= 0.6 is 0 Å². The van der Waals surface area contributed by atoms with Gasteiger partial charge in [-0.2, -0.15) is 0 Å². The molecule has 0 bridgehead atoms. The molecule has 1 fully saturated rings. The van der Waals surface area contributed by atoms with Crippen molar-refractivity contribution in [3.8, 4) is 11.1 Å². The van der Waals surface area contributed by atoms with Crippen molar-refractivity contribution in [2.75, 3.05) is 7.11 Å². The van der Waals surface area contributed by atoms with Crippen LogP contribution in [0, 0.1) is 6.92 Å². The molecule has 5 nitrogen and oxygen atoms in total. The number of fused-ring (bicyclic) bond motifs is 1. The fourth-order valence-electron chi connectivity index (χ4n) is 4.49. The summed E-state index contributed by atoms with van der Waals surface area (Å²) in [7, 11) is 3.42. The first kappa shape index (κ1) is 21.7. The number of imidazole rings is 1. The molecule has 1 aliphatic rings. The summed E-state index contributed by atoms with van der Waals surface area (Å²) in [5, 5.41) is 0. The van der Waals surface area contributed by atoms with E-state index in [0.717, 1.165) is 28.0 Å². The number of pyridine rings is 1. The Morgan fingerprint density at radius 3 is 2.58 bits per heavy atom. The van der Waals surface area contributed by atoms with Gasteiger partial charge in [0, 0.05) is 44.7 Å². The Balaban J connectivity index is 1.80. The molecule has 3 aromatic rings. The van der Waals surface area contributed by atoms with Gasteiger partial charge in [-0.1, -0.05) is 6.07 Å². The molecule has 0 amide bonds. The van der Waals surface area contributed by atoms with Crippen LogP contribution in [-0.4, -0.2) is 33.3 Å². The highest BCUT2D eigenvalue weighted by Gasteiger charge is 2.37. The zero-order valence-corrected chi connectivity index (χ0v) is 18.5. The van der Waals surface area contributed by atoms with Gasteiger partial charge in [0.05, 0.1) is 23.7 Å². The van der Waals surface area contributed by atoms with Crippen molar-refractivity contribution in [3.63, 3.8) is 0 Å². The fraction of sp³-hybridized carbons (Fsp3) is 0.500. The number of benzene rings is 1. The Morgan fingerprint density at radius 2 is 1.94 bits per heavy atom. The van der Waals surface area contributed by atoms with Gasteiger partial charge in [-0.3, -0.25) is 4.79 Å². The first-order valence-electron chi connectivity index (χ1n) is 10.8. The fourth-order valence-corrected chi connectivity index (χ4v) is 4.49. The number of rotatable bonds is 5. The summed E-state index contributed by atoms with van der Waals surface area (Å²) < 4.78 is 36.7. The van der Waals surface area contributed by atoms with E-state index >= 15 is 0 Å². The van der Waals surface area contributed by atoms with Crippen LogP contribution in [-0.2, 0) is 18.3 Å². The number of nitrogens with zero attached hydrogens (tertiary/aromatic N) is 3. The molecule has 7 heteroatoms. The first-order chi connectivity index (χ1) is 14.7. The first-order valence-corrected chi connectivity index (χ1v) is 10.8. The maximum Gasteiger partial charge on any atom is 0.253 e. The topological polar surface area (TPSA) is 49.1 Å². The summed E-state index contributed by atoms with van der Waals surface area (Å²) in [5.74, 6) is -1.69. The van der Waals surface area contributed by atoms with Gasteiger partial charge in [0.1, 0.15) is 5.82 Å². The maximum atomic E-state index is 13.7. The minimum absolute atomic E-state index is 0.0133. The van der Waals surface area contributed by atoms with Crippen molar-refractivity contribution in [1.82, 2.24) is 14.1 Å². The molecular weight excluding hydrogens is 400 g/mol. The molecule has 31 heavy (non-hydrogen) atoms. The van der Waals surface area contributed by atoms with Gasteiger partial charge < -0.3 is 13.9 Å². The predicted octanol–water partition coefficient (Wildman–Crippen LogP) is 5.04. The number of hydrogen-bond donors (Lipinski definition) is 0. The predicted molar refractivity (Wildman–Crippen MR) is 118 cm³/mol. The molecule has 0 unspecified atom stereocenters. The van der Waals surface area contributed by atoms with E-state index in [4.69, 9.17) is 9.72 Å². The zero-order valence-electron chi connectivity index (χ0n) is 18.5. The van der Waals surface area contributed by atoms with Crippen molar-refractivity contribution in [2.45, 2.75) is 64.0 Å². The lowest BCUT2D eigenvalue weighted by Crippen LogP contribution is -2.26. The molecule has 2 aromatic heterocycles. The summed E-state index contributed by atoms with van der Waals surface area (Å²) in [4.78, 5) is 16.9. The van der Waals surface area contributed by atoms with Crippen LogP contribution in [0.3, 0.4) is 0 Å². The van der Waals surface area contributed by atoms with Crippen LogP contribution in [0.15, 0.2) is 35.3 Å². The Morgan fingerprint density at radius 1 is 1.23 bits per heavy atom. The summed E-state index contributed by atoms with van der Waals surface area (Å²) in [6.07, 6.45) is 2.48. The average Bonchev–Trinajstić information content (AvgIpc) is 3.09. The Bertz CT molecular complexity index is 1130. The molecule has 166 valence electrons. The highest BCUT2D eigenvalue weighted by Crippen LogP contribution is 2.41. The number of hydrogen-bond acceptors (Lipinski definition) is 3. The van der Waals surface area contributed by atoms with Gasteiger partial charge in [-0.25, -0.2) is 13.8 Å². The molecular formula is C24H29F2N3O2. The van der Waals surface area contributed by atoms with E-state index in [0.29, 0.717) is 24.9 Å². The van der Waals surface area contributed by atoms with Gasteiger partial charge in [-0.05, 0) is 56.0 Å². The van der Waals surface area contributed by atoms with E-state index in [-0.39, 0.29) is 30.4 Å². The van der Waals surface area contributed by atoms with Crippen LogP contribution in [0.5, 0.6) is 0 Å². The monoisotopic (exact) mass is 429 g/mol. The molecule has 0 N–H and O–H groups in total. The number of alkyl halides is 2. The lowest BCUT2D eigenvalue weighted by molar-refractivity contribution is -0.0390. The molecule has 2 heterocycles. The standard InChI is InChI=1S/C24H29F2N3O2/c1-15-11-19(14-28(3)23(15)30)18-5-6-20-21(12-18)29(13-16(2)31-4)22(27-20)17-7-9-24(25,26)10-8-17/h5-6,11-12,14,16-17H,7-10,13H2,1-4H3/t16-/m0/s1. The largest absolute Gasteiger partial charge is 0.380 e. The highest BCUT2D eigenvalue weighted by molar-refractivity contribution is 5.82. The lowest BCUT2D eigenvalue weighted by Gasteiger charge is -2.28. The smallest absolute Gasteiger partial charge is 0.253 e. The Hall–Kier alpha value is -2.54. The summed E-state index contributed by atoms with van der Waals surface area (Å²) in [6.45, 7) is 4.40. The van der Waals surface area contributed by atoms with Gasteiger partial charge in [0.15, 0.2) is 0 Å². The second kappa shape index (κ2) is 8.19. The quantitative estimate of drug-likeness (QED) is 0.571. The minimum Gasteiger partial charge on any atom is -0.380 e. The van der Waals surface area contributed by atoms with Crippen LogP contribution < -0.4 is 5.56 Å². The third kappa shape index (κ3) is 4.28. The van der Waals surface area contributed by atoms with E-state index in [9.17, 15) is 13.6 Å². The van der Waals surface area contributed by atoms with Gasteiger partial charge >= 0.3 is 0 Å². The number of methoxy groups -OCH3 is 1. The van der Waals surface area contributed by atoms with Crippen LogP contribution in [0.2, 0.25) is 0 Å². The van der Waals surface area contributed by atoms with Crippen LogP contribution in [0.4, 0.5) is 8.78 Å². The number of halogens is 2. The minimum atomic E-state index is -2.57.